The summed E-state index contributed by atoms with van der Waals surface area (Å²) in [5, 5.41) is 11.2. The Hall–Kier alpha value is -2.77. The lowest BCUT2D eigenvalue weighted by molar-refractivity contribution is 0.0522. The highest BCUT2D eigenvalue weighted by Gasteiger charge is 2.28. The number of nitriles is 1. The van der Waals surface area contributed by atoms with Crippen molar-refractivity contribution in [3.05, 3.63) is 65.4 Å². The minimum absolute atomic E-state index is 0.00120. The van der Waals surface area contributed by atoms with Gasteiger partial charge in [-0.15, -0.1) is 0 Å². The second kappa shape index (κ2) is 9.00. The van der Waals surface area contributed by atoms with E-state index in [1.807, 2.05) is 4.90 Å². The van der Waals surface area contributed by atoms with E-state index in [0.717, 1.165) is 25.4 Å². The van der Waals surface area contributed by atoms with Crippen LogP contribution in [0.25, 0.3) is 16.6 Å². The largest absolute Gasteiger partial charge is 0.368 e. The van der Waals surface area contributed by atoms with Crippen LogP contribution in [0.5, 0.6) is 0 Å². The molecule has 4 heteroatoms. The molecule has 0 amide bonds. The first-order valence-electron chi connectivity index (χ1n) is 12.1. The summed E-state index contributed by atoms with van der Waals surface area (Å²) in [6.45, 7) is 6.79. The standard InChI is InChI=1S/C28H33N3O/c1-20-9-3-4-10-22(20)17-30(19-29)16-15-25-24-12-6-8-14-27(24)31-26-13-7-5-11-23(26)18-32-21(2)28(25)31/h5-8,11-14,20-22H,3-4,9-10,15-18H2,1-2H3. The zero-order valence-corrected chi connectivity index (χ0v) is 19.3. The van der Waals surface area contributed by atoms with Gasteiger partial charge in [0.15, 0.2) is 6.19 Å². The zero-order chi connectivity index (χ0) is 22.1. The number of aromatic nitrogens is 1. The summed E-state index contributed by atoms with van der Waals surface area (Å²) in [6, 6.07) is 17.2. The highest BCUT2D eigenvalue weighted by molar-refractivity contribution is 5.88. The molecule has 1 aliphatic heterocycles. The molecule has 2 aromatic carbocycles. The molecule has 2 aliphatic rings. The summed E-state index contributed by atoms with van der Waals surface area (Å²) in [5.41, 5.74) is 6.21. The van der Waals surface area contributed by atoms with Gasteiger partial charge in [0, 0.05) is 24.0 Å². The molecule has 0 saturated heterocycles. The molecule has 5 rings (SSSR count). The first kappa shape index (κ1) is 21.1. The maximum absolute atomic E-state index is 9.90. The smallest absolute Gasteiger partial charge is 0.179 e. The minimum Gasteiger partial charge on any atom is -0.368 e. The summed E-state index contributed by atoms with van der Waals surface area (Å²) in [5.74, 6) is 1.36. The van der Waals surface area contributed by atoms with Gasteiger partial charge in [-0.25, -0.2) is 0 Å². The molecule has 0 spiro atoms. The van der Waals surface area contributed by atoms with Gasteiger partial charge >= 0.3 is 0 Å². The van der Waals surface area contributed by atoms with Crippen molar-refractivity contribution in [3.8, 4) is 11.9 Å². The van der Waals surface area contributed by atoms with Crippen LogP contribution in [0, 0.1) is 23.3 Å². The van der Waals surface area contributed by atoms with Crippen molar-refractivity contribution in [2.75, 3.05) is 13.1 Å². The second-order valence-corrected chi connectivity index (χ2v) is 9.62. The average molecular weight is 428 g/mol. The molecule has 1 aromatic heterocycles. The van der Waals surface area contributed by atoms with E-state index in [-0.39, 0.29) is 6.10 Å². The van der Waals surface area contributed by atoms with Gasteiger partial charge in [-0.3, -0.25) is 0 Å². The van der Waals surface area contributed by atoms with E-state index in [1.165, 1.54) is 59.1 Å². The SMILES string of the molecule is CC1OCc2ccccc2-n2c1c(CCN(C#N)CC1CCCCC1C)c1ccccc12. The van der Waals surface area contributed by atoms with E-state index in [2.05, 4.69) is 73.1 Å². The van der Waals surface area contributed by atoms with E-state index in [0.29, 0.717) is 12.5 Å². The Bertz CT molecular complexity index is 1140. The van der Waals surface area contributed by atoms with Crippen molar-refractivity contribution < 1.29 is 4.74 Å². The van der Waals surface area contributed by atoms with Crippen LogP contribution in [-0.4, -0.2) is 22.6 Å². The van der Waals surface area contributed by atoms with Gasteiger partial charge in [0.05, 0.1) is 29.6 Å². The molecule has 32 heavy (non-hydrogen) atoms. The van der Waals surface area contributed by atoms with Crippen LogP contribution in [0.4, 0.5) is 0 Å². The van der Waals surface area contributed by atoms with Gasteiger partial charge in [-0.2, -0.15) is 5.26 Å². The van der Waals surface area contributed by atoms with Crippen molar-refractivity contribution >= 4 is 10.9 Å². The van der Waals surface area contributed by atoms with Crippen molar-refractivity contribution in [1.29, 1.82) is 5.26 Å². The van der Waals surface area contributed by atoms with Crippen molar-refractivity contribution in [3.63, 3.8) is 0 Å². The normalized spacial score (nSPS) is 22.6. The van der Waals surface area contributed by atoms with Gasteiger partial charge in [0.25, 0.3) is 0 Å². The fourth-order valence-corrected chi connectivity index (χ4v) is 5.80. The molecule has 166 valence electrons. The Morgan fingerprint density at radius 2 is 1.84 bits per heavy atom. The average Bonchev–Trinajstić information content (AvgIpc) is 3.07. The number of rotatable bonds is 5. The van der Waals surface area contributed by atoms with Crippen LogP contribution in [0.15, 0.2) is 48.5 Å². The second-order valence-electron chi connectivity index (χ2n) is 9.62. The predicted octanol–water partition coefficient (Wildman–Crippen LogP) is 6.37. The lowest BCUT2D eigenvalue weighted by Gasteiger charge is -2.31. The van der Waals surface area contributed by atoms with E-state index in [9.17, 15) is 5.26 Å². The molecule has 3 aromatic rings. The maximum Gasteiger partial charge on any atom is 0.179 e. The van der Waals surface area contributed by atoms with E-state index in [4.69, 9.17) is 4.74 Å². The van der Waals surface area contributed by atoms with Gasteiger partial charge in [-0.1, -0.05) is 62.6 Å². The van der Waals surface area contributed by atoms with Gasteiger partial charge in [0.1, 0.15) is 0 Å². The number of benzene rings is 2. The molecule has 4 nitrogen and oxygen atoms in total. The van der Waals surface area contributed by atoms with Crippen molar-refractivity contribution in [2.45, 2.75) is 58.7 Å². The predicted molar refractivity (Wildman–Crippen MR) is 128 cm³/mol. The van der Waals surface area contributed by atoms with E-state index >= 15 is 0 Å². The van der Waals surface area contributed by atoms with Gasteiger partial charge in [-0.05, 0) is 49.3 Å². The molecule has 2 heterocycles. The van der Waals surface area contributed by atoms with Crippen LogP contribution >= 0.6 is 0 Å². The number of hydrogen-bond acceptors (Lipinski definition) is 3. The number of nitrogens with zero attached hydrogens (tertiary/aromatic N) is 3. The number of para-hydroxylation sites is 2. The van der Waals surface area contributed by atoms with Crippen molar-refractivity contribution in [2.24, 2.45) is 11.8 Å². The molecular weight excluding hydrogens is 394 g/mol. The quantitative estimate of drug-likeness (QED) is 0.351. The van der Waals surface area contributed by atoms with Crippen LogP contribution in [0.3, 0.4) is 0 Å². The lowest BCUT2D eigenvalue weighted by atomic mass is 9.80. The number of fused-ring (bicyclic) bond motifs is 5. The highest BCUT2D eigenvalue weighted by atomic mass is 16.5. The Kier molecular flexibility index (Phi) is 5.93. The topological polar surface area (TPSA) is 41.2 Å². The van der Waals surface area contributed by atoms with Gasteiger partial charge < -0.3 is 14.2 Å². The highest BCUT2D eigenvalue weighted by Crippen LogP contribution is 2.39. The number of hydrogen-bond donors (Lipinski definition) is 0. The lowest BCUT2D eigenvalue weighted by Crippen LogP contribution is -2.32. The van der Waals surface area contributed by atoms with E-state index < -0.39 is 0 Å². The first-order valence-corrected chi connectivity index (χ1v) is 12.1. The van der Waals surface area contributed by atoms with Crippen LogP contribution in [0.2, 0.25) is 0 Å². The molecule has 0 bridgehead atoms. The molecule has 3 atom stereocenters. The molecular formula is C28H33N3O. The molecule has 0 radical (unpaired) electrons. The summed E-state index contributed by atoms with van der Waals surface area (Å²) < 4.78 is 8.70. The third-order valence-corrected chi connectivity index (χ3v) is 7.64. The summed E-state index contributed by atoms with van der Waals surface area (Å²) in [7, 11) is 0. The Morgan fingerprint density at radius 1 is 1.06 bits per heavy atom. The van der Waals surface area contributed by atoms with Crippen LogP contribution in [0.1, 0.15) is 62.5 Å². The fraction of sp³-hybridized carbons (Fsp3) is 0.464. The number of ether oxygens (including phenoxy) is 1. The van der Waals surface area contributed by atoms with Crippen LogP contribution in [-0.2, 0) is 17.8 Å². The molecule has 0 N–H and O–H groups in total. The fourth-order valence-electron chi connectivity index (χ4n) is 5.80. The monoisotopic (exact) mass is 427 g/mol. The Morgan fingerprint density at radius 3 is 2.69 bits per heavy atom. The van der Waals surface area contributed by atoms with E-state index in [1.54, 1.807) is 0 Å². The molecule has 1 saturated carbocycles. The van der Waals surface area contributed by atoms with Gasteiger partial charge in [0.2, 0.25) is 0 Å². The Balaban J connectivity index is 1.50. The van der Waals surface area contributed by atoms with Crippen molar-refractivity contribution in [1.82, 2.24) is 9.47 Å². The zero-order valence-electron chi connectivity index (χ0n) is 19.3. The Labute approximate surface area is 191 Å². The first-order chi connectivity index (χ1) is 15.7. The minimum atomic E-state index is -0.00120. The summed E-state index contributed by atoms with van der Waals surface area (Å²) in [6.07, 6.45) is 8.55. The third kappa shape index (κ3) is 3.80. The maximum atomic E-state index is 9.90. The summed E-state index contributed by atoms with van der Waals surface area (Å²) in [4.78, 5) is 2.00. The third-order valence-electron chi connectivity index (χ3n) is 7.64. The van der Waals surface area contributed by atoms with Crippen LogP contribution < -0.4 is 0 Å². The molecule has 1 aliphatic carbocycles. The summed E-state index contributed by atoms with van der Waals surface area (Å²) >= 11 is 0. The molecule has 3 unspecified atom stereocenters. The molecule has 1 fully saturated rings.